The summed E-state index contributed by atoms with van der Waals surface area (Å²) in [7, 11) is 0. The summed E-state index contributed by atoms with van der Waals surface area (Å²) in [6.45, 7) is 4.53. The summed E-state index contributed by atoms with van der Waals surface area (Å²) >= 11 is 0. The van der Waals surface area contributed by atoms with Gasteiger partial charge >= 0.3 is 0 Å². The van der Waals surface area contributed by atoms with Gasteiger partial charge in [-0.1, -0.05) is 6.07 Å². The van der Waals surface area contributed by atoms with Crippen molar-refractivity contribution in [2.24, 2.45) is 0 Å². The molecule has 82 valence electrons. The average Bonchev–Trinajstić information content (AvgIpc) is 2.17. The number of β-amino-alcohol motifs (C(OH)–C–C–N with tert-alkyl or cyclic N) is 1. The molecule has 0 aliphatic carbocycles. The molecule has 0 aromatic heterocycles. The lowest BCUT2D eigenvalue weighted by Gasteiger charge is -2.29. The highest BCUT2D eigenvalue weighted by atomic mass is 16.3. The Balaban J connectivity index is 2.10. The molecule has 3 heteroatoms. The molecule has 2 rings (SSSR count). The van der Waals surface area contributed by atoms with E-state index in [0.29, 0.717) is 0 Å². The van der Waals surface area contributed by atoms with E-state index in [-0.39, 0.29) is 6.10 Å². The molecule has 1 aliphatic heterocycles. The maximum atomic E-state index is 9.34. The van der Waals surface area contributed by atoms with E-state index in [1.807, 2.05) is 13.0 Å². The zero-order chi connectivity index (χ0) is 10.8. The third-order valence-corrected chi connectivity index (χ3v) is 2.84. The van der Waals surface area contributed by atoms with Crippen LogP contribution in [0.1, 0.15) is 18.1 Å². The number of nitrogens with zero attached hydrogens (tertiary/aromatic N) is 1. The van der Waals surface area contributed by atoms with Gasteiger partial charge in [0.2, 0.25) is 0 Å². The molecule has 0 saturated heterocycles. The SMILES string of the molecule is C[C@H](O)CN1CCc2cc(N)ccc2C1. The van der Waals surface area contributed by atoms with Gasteiger partial charge in [0, 0.05) is 25.3 Å². The molecule has 1 aromatic carbocycles. The quantitative estimate of drug-likeness (QED) is 0.710. The second kappa shape index (κ2) is 4.21. The number of anilines is 1. The summed E-state index contributed by atoms with van der Waals surface area (Å²) in [4.78, 5) is 2.28. The molecule has 0 radical (unpaired) electrons. The van der Waals surface area contributed by atoms with E-state index in [4.69, 9.17) is 5.73 Å². The number of aliphatic hydroxyl groups excluding tert-OH is 1. The van der Waals surface area contributed by atoms with Gasteiger partial charge in [-0.3, -0.25) is 4.90 Å². The Hall–Kier alpha value is -1.06. The number of nitrogens with two attached hydrogens (primary N) is 1. The van der Waals surface area contributed by atoms with Crippen LogP contribution in [0.5, 0.6) is 0 Å². The Labute approximate surface area is 90.5 Å². The molecule has 0 spiro atoms. The minimum Gasteiger partial charge on any atom is -0.399 e. The minimum atomic E-state index is -0.250. The van der Waals surface area contributed by atoms with Crippen molar-refractivity contribution in [3.05, 3.63) is 29.3 Å². The Kier molecular flexibility index (Phi) is 2.93. The van der Waals surface area contributed by atoms with Crippen molar-refractivity contribution in [3.63, 3.8) is 0 Å². The van der Waals surface area contributed by atoms with Crippen LogP contribution >= 0.6 is 0 Å². The summed E-state index contributed by atoms with van der Waals surface area (Å²) in [5.41, 5.74) is 9.29. The molecule has 0 bridgehead atoms. The van der Waals surface area contributed by atoms with Crippen LogP contribution < -0.4 is 5.73 Å². The highest BCUT2D eigenvalue weighted by Crippen LogP contribution is 2.21. The monoisotopic (exact) mass is 206 g/mol. The molecular weight excluding hydrogens is 188 g/mol. The summed E-state index contributed by atoms with van der Waals surface area (Å²) < 4.78 is 0. The molecule has 1 aromatic rings. The largest absolute Gasteiger partial charge is 0.399 e. The molecule has 3 N–H and O–H groups in total. The topological polar surface area (TPSA) is 49.5 Å². The van der Waals surface area contributed by atoms with Crippen LogP contribution in [0.3, 0.4) is 0 Å². The summed E-state index contributed by atoms with van der Waals surface area (Å²) in [5, 5.41) is 9.34. The molecule has 0 unspecified atom stereocenters. The number of fused-ring (bicyclic) bond motifs is 1. The van der Waals surface area contributed by atoms with Crippen LogP contribution in [-0.4, -0.2) is 29.2 Å². The van der Waals surface area contributed by atoms with Crippen molar-refractivity contribution in [2.45, 2.75) is 26.0 Å². The first kappa shape index (κ1) is 10.5. The van der Waals surface area contributed by atoms with Crippen molar-refractivity contribution >= 4 is 5.69 Å². The van der Waals surface area contributed by atoms with E-state index in [1.54, 1.807) is 0 Å². The highest BCUT2D eigenvalue weighted by Gasteiger charge is 2.16. The van der Waals surface area contributed by atoms with E-state index in [9.17, 15) is 5.11 Å². The number of hydrogen-bond donors (Lipinski definition) is 2. The zero-order valence-electron chi connectivity index (χ0n) is 9.11. The Bertz CT molecular complexity index is 349. The second-order valence-electron chi connectivity index (χ2n) is 4.36. The predicted octanol–water partition coefficient (Wildman–Crippen LogP) is 1.01. The average molecular weight is 206 g/mol. The molecule has 3 nitrogen and oxygen atoms in total. The lowest BCUT2D eigenvalue weighted by atomic mass is 9.99. The first-order chi connectivity index (χ1) is 7.15. The molecule has 0 amide bonds. The number of nitrogen functional groups attached to an aromatic ring is 1. The zero-order valence-corrected chi connectivity index (χ0v) is 9.11. The maximum Gasteiger partial charge on any atom is 0.0639 e. The van der Waals surface area contributed by atoms with E-state index < -0.39 is 0 Å². The van der Waals surface area contributed by atoms with Gasteiger partial charge in [-0.05, 0) is 36.6 Å². The van der Waals surface area contributed by atoms with Gasteiger partial charge in [-0.15, -0.1) is 0 Å². The Morgan fingerprint density at radius 2 is 2.27 bits per heavy atom. The van der Waals surface area contributed by atoms with Gasteiger partial charge in [0.15, 0.2) is 0 Å². The number of hydrogen-bond acceptors (Lipinski definition) is 3. The fraction of sp³-hybridized carbons (Fsp3) is 0.500. The van der Waals surface area contributed by atoms with Crippen LogP contribution in [0, 0.1) is 0 Å². The molecular formula is C12H18N2O. The van der Waals surface area contributed by atoms with Crippen LogP contribution in [0.4, 0.5) is 5.69 Å². The van der Waals surface area contributed by atoms with E-state index in [0.717, 1.165) is 31.7 Å². The van der Waals surface area contributed by atoms with Crippen LogP contribution in [-0.2, 0) is 13.0 Å². The van der Waals surface area contributed by atoms with E-state index >= 15 is 0 Å². The maximum absolute atomic E-state index is 9.34. The first-order valence-corrected chi connectivity index (χ1v) is 5.43. The van der Waals surface area contributed by atoms with Crippen LogP contribution in [0.25, 0.3) is 0 Å². The van der Waals surface area contributed by atoms with Gasteiger partial charge in [0.05, 0.1) is 6.10 Å². The van der Waals surface area contributed by atoms with Crippen molar-refractivity contribution in [1.29, 1.82) is 0 Å². The minimum absolute atomic E-state index is 0.250. The molecule has 1 atom stereocenters. The fourth-order valence-corrected chi connectivity index (χ4v) is 2.16. The predicted molar refractivity (Wildman–Crippen MR) is 61.5 cm³/mol. The number of aliphatic hydroxyl groups is 1. The molecule has 0 saturated carbocycles. The molecule has 0 fully saturated rings. The van der Waals surface area contributed by atoms with Crippen LogP contribution in [0.15, 0.2) is 18.2 Å². The smallest absolute Gasteiger partial charge is 0.0639 e. The Morgan fingerprint density at radius 1 is 1.47 bits per heavy atom. The van der Waals surface area contributed by atoms with Gasteiger partial charge in [-0.2, -0.15) is 0 Å². The molecule has 15 heavy (non-hydrogen) atoms. The third-order valence-electron chi connectivity index (χ3n) is 2.84. The standard InChI is InChI=1S/C12H18N2O/c1-9(15)7-14-5-4-10-6-12(13)3-2-11(10)8-14/h2-3,6,9,15H,4-5,7-8,13H2,1H3/t9-/m0/s1. The lowest BCUT2D eigenvalue weighted by molar-refractivity contribution is 0.119. The van der Waals surface area contributed by atoms with Gasteiger partial charge in [-0.25, -0.2) is 0 Å². The third kappa shape index (κ3) is 2.49. The summed E-state index contributed by atoms with van der Waals surface area (Å²) in [6.07, 6.45) is 0.785. The lowest BCUT2D eigenvalue weighted by Crippen LogP contribution is -2.35. The van der Waals surface area contributed by atoms with Gasteiger partial charge in [0.25, 0.3) is 0 Å². The molecule has 1 aliphatic rings. The first-order valence-electron chi connectivity index (χ1n) is 5.43. The van der Waals surface area contributed by atoms with E-state index in [1.165, 1.54) is 11.1 Å². The van der Waals surface area contributed by atoms with Crippen molar-refractivity contribution in [1.82, 2.24) is 4.90 Å². The van der Waals surface area contributed by atoms with Crippen molar-refractivity contribution < 1.29 is 5.11 Å². The summed E-state index contributed by atoms with van der Waals surface area (Å²) in [5.74, 6) is 0. The number of rotatable bonds is 2. The van der Waals surface area contributed by atoms with Gasteiger partial charge < -0.3 is 10.8 Å². The van der Waals surface area contributed by atoms with Crippen molar-refractivity contribution in [3.8, 4) is 0 Å². The van der Waals surface area contributed by atoms with E-state index in [2.05, 4.69) is 17.0 Å². The van der Waals surface area contributed by atoms with Gasteiger partial charge in [0.1, 0.15) is 0 Å². The second-order valence-corrected chi connectivity index (χ2v) is 4.36. The fourth-order valence-electron chi connectivity index (χ4n) is 2.16. The van der Waals surface area contributed by atoms with Crippen molar-refractivity contribution in [2.75, 3.05) is 18.8 Å². The molecule has 1 heterocycles. The summed E-state index contributed by atoms with van der Waals surface area (Å²) in [6, 6.07) is 6.11. The normalized spacial score (nSPS) is 18.5. The highest BCUT2D eigenvalue weighted by molar-refractivity contribution is 5.45. The Morgan fingerprint density at radius 3 is 3.00 bits per heavy atom. The number of benzene rings is 1. The van der Waals surface area contributed by atoms with Crippen LogP contribution in [0.2, 0.25) is 0 Å².